The Morgan fingerprint density at radius 3 is 2.59 bits per heavy atom. The second-order valence-electron chi connectivity index (χ2n) is 8.08. The lowest BCUT2D eigenvalue weighted by atomic mass is 10.0. The minimum absolute atomic E-state index is 0.0159. The molecule has 3 fully saturated rings. The van der Waals surface area contributed by atoms with E-state index < -0.39 is 6.04 Å². The van der Waals surface area contributed by atoms with Gasteiger partial charge < -0.3 is 25.0 Å². The Bertz CT molecular complexity index is 834. The first-order valence-electron chi connectivity index (χ1n) is 10.2. The predicted molar refractivity (Wildman–Crippen MR) is 106 cm³/mol. The normalized spacial score (nSPS) is 23.2. The van der Waals surface area contributed by atoms with Crippen molar-refractivity contribution >= 4 is 23.4 Å². The van der Waals surface area contributed by atoms with Crippen LogP contribution >= 0.6 is 0 Å². The van der Waals surface area contributed by atoms with Gasteiger partial charge in [-0.15, -0.1) is 0 Å². The van der Waals surface area contributed by atoms with Gasteiger partial charge in [0, 0.05) is 24.6 Å². The zero-order valence-corrected chi connectivity index (χ0v) is 16.8. The van der Waals surface area contributed by atoms with Crippen molar-refractivity contribution in [3.8, 4) is 11.5 Å². The molecule has 8 heteroatoms. The van der Waals surface area contributed by atoms with E-state index in [4.69, 9.17) is 9.47 Å². The summed E-state index contributed by atoms with van der Waals surface area (Å²) in [7, 11) is 2.98. The van der Waals surface area contributed by atoms with E-state index in [1.165, 1.54) is 27.1 Å². The molecule has 1 aromatic carbocycles. The summed E-state index contributed by atoms with van der Waals surface area (Å²) in [5.41, 5.74) is 0.770. The van der Waals surface area contributed by atoms with Gasteiger partial charge in [0.2, 0.25) is 11.8 Å². The number of fused-ring (bicyclic) bond motifs is 2. The fourth-order valence-corrected chi connectivity index (χ4v) is 4.74. The van der Waals surface area contributed by atoms with Crippen LogP contribution in [-0.2, 0) is 9.59 Å². The molecule has 8 nitrogen and oxygen atoms in total. The van der Waals surface area contributed by atoms with Gasteiger partial charge >= 0.3 is 0 Å². The number of likely N-dealkylation sites (tertiary alicyclic amines) is 1. The molecule has 0 unspecified atom stereocenters. The van der Waals surface area contributed by atoms with Gasteiger partial charge in [-0.05, 0) is 37.3 Å². The summed E-state index contributed by atoms with van der Waals surface area (Å²) in [5, 5.41) is 5.77. The Morgan fingerprint density at radius 1 is 1.21 bits per heavy atom. The van der Waals surface area contributed by atoms with E-state index in [1.807, 2.05) is 0 Å². The van der Waals surface area contributed by atoms with E-state index in [9.17, 15) is 14.4 Å². The summed E-state index contributed by atoms with van der Waals surface area (Å²) in [6.45, 7) is 0.493. The molecule has 2 saturated heterocycles. The van der Waals surface area contributed by atoms with E-state index in [2.05, 4.69) is 10.6 Å². The maximum absolute atomic E-state index is 13.1. The molecule has 0 spiro atoms. The third-order valence-electron chi connectivity index (χ3n) is 6.16. The van der Waals surface area contributed by atoms with Gasteiger partial charge in [0.1, 0.15) is 6.04 Å². The quantitative estimate of drug-likeness (QED) is 0.759. The molecule has 2 bridgehead atoms. The molecule has 3 amide bonds. The van der Waals surface area contributed by atoms with Crippen molar-refractivity contribution in [1.29, 1.82) is 0 Å². The number of amides is 3. The van der Waals surface area contributed by atoms with Gasteiger partial charge in [0.25, 0.3) is 5.91 Å². The number of nitrogens with one attached hydrogen (secondary N) is 2. The highest BCUT2D eigenvalue weighted by atomic mass is 16.5. The highest BCUT2D eigenvalue weighted by Crippen LogP contribution is 2.38. The summed E-state index contributed by atoms with van der Waals surface area (Å²) < 4.78 is 10.8. The number of nitrogens with zero attached hydrogens (tertiary/aromatic N) is 1. The molecule has 2 N–H and O–H groups in total. The number of anilines is 1. The molecule has 0 aromatic heterocycles. The smallest absolute Gasteiger partial charge is 0.254 e. The van der Waals surface area contributed by atoms with Gasteiger partial charge in [-0.1, -0.05) is 12.8 Å². The average molecular weight is 401 g/mol. The van der Waals surface area contributed by atoms with Crippen molar-refractivity contribution in [2.24, 2.45) is 5.92 Å². The summed E-state index contributed by atoms with van der Waals surface area (Å²) >= 11 is 0. The van der Waals surface area contributed by atoms with E-state index in [0.717, 1.165) is 12.8 Å². The molecule has 29 heavy (non-hydrogen) atoms. The molecule has 2 atom stereocenters. The van der Waals surface area contributed by atoms with Crippen molar-refractivity contribution in [3.05, 3.63) is 17.7 Å². The van der Waals surface area contributed by atoms with Crippen LogP contribution in [0.5, 0.6) is 11.5 Å². The summed E-state index contributed by atoms with van der Waals surface area (Å²) in [6.07, 6.45) is 5.59. The van der Waals surface area contributed by atoms with E-state index in [0.29, 0.717) is 48.1 Å². The monoisotopic (exact) mass is 401 g/mol. The molecule has 2 heterocycles. The van der Waals surface area contributed by atoms with E-state index in [-0.39, 0.29) is 23.8 Å². The molecular formula is C21H27N3O5. The highest BCUT2D eigenvalue weighted by Gasteiger charge is 2.46. The van der Waals surface area contributed by atoms with Crippen LogP contribution in [-0.4, -0.2) is 55.5 Å². The molecule has 1 saturated carbocycles. The lowest BCUT2D eigenvalue weighted by Gasteiger charge is -2.27. The number of carbonyl (C=O) groups is 3. The lowest BCUT2D eigenvalue weighted by Crippen LogP contribution is -2.50. The van der Waals surface area contributed by atoms with Gasteiger partial charge in [-0.3, -0.25) is 14.4 Å². The first kappa shape index (κ1) is 19.5. The Kier molecular flexibility index (Phi) is 5.34. The Labute approximate surface area is 169 Å². The van der Waals surface area contributed by atoms with Crippen LogP contribution in [0.15, 0.2) is 12.1 Å². The third-order valence-corrected chi connectivity index (χ3v) is 6.16. The number of piperazine rings is 1. The Hall–Kier alpha value is -2.77. The van der Waals surface area contributed by atoms with Crippen molar-refractivity contribution in [1.82, 2.24) is 10.2 Å². The average Bonchev–Trinajstić information content (AvgIpc) is 3.43. The Balaban J connectivity index is 1.58. The van der Waals surface area contributed by atoms with Crippen LogP contribution in [0.2, 0.25) is 0 Å². The number of hydrogen-bond acceptors (Lipinski definition) is 5. The fraction of sp³-hybridized carbons (Fsp3) is 0.571. The zero-order chi connectivity index (χ0) is 20.5. The molecule has 3 aliphatic rings. The molecule has 1 aliphatic carbocycles. The number of benzene rings is 1. The maximum Gasteiger partial charge on any atom is 0.254 e. The number of methoxy groups -OCH3 is 2. The fourth-order valence-electron chi connectivity index (χ4n) is 4.74. The van der Waals surface area contributed by atoms with Crippen molar-refractivity contribution in [2.45, 2.75) is 50.6 Å². The van der Waals surface area contributed by atoms with Gasteiger partial charge in [0.15, 0.2) is 11.5 Å². The largest absolute Gasteiger partial charge is 0.493 e. The summed E-state index contributed by atoms with van der Waals surface area (Å²) in [4.78, 5) is 39.2. The number of ether oxygens (including phenoxy) is 2. The van der Waals surface area contributed by atoms with Crippen molar-refractivity contribution in [2.75, 3.05) is 26.1 Å². The van der Waals surface area contributed by atoms with Crippen LogP contribution in [0.4, 0.5) is 5.69 Å². The molecule has 0 radical (unpaired) electrons. The van der Waals surface area contributed by atoms with E-state index in [1.54, 1.807) is 17.0 Å². The first-order valence-corrected chi connectivity index (χ1v) is 10.2. The molecule has 156 valence electrons. The SMILES string of the molecule is COc1cc(C(=O)N2C[C@@H]3C[C@H]2C(=O)N3)cc(NC(=O)CC2CCCC2)c1OC. The minimum Gasteiger partial charge on any atom is -0.493 e. The van der Waals surface area contributed by atoms with Crippen molar-refractivity contribution in [3.63, 3.8) is 0 Å². The number of hydrogen-bond donors (Lipinski definition) is 2. The highest BCUT2D eigenvalue weighted by molar-refractivity contribution is 6.02. The van der Waals surface area contributed by atoms with Crippen LogP contribution < -0.4 is 20.1 Å². The standard InChI is InChI=1S/C21H27N3O5/c1-28-17-9-13(21(27)24-11-14-10-16(24)20(26)22-14)8-15(19(17)29-2)23-18(25)7-12-5-3-4-6-12/h8-9,12,14,16H,3-7,10-11H2,1-2H3,(H,22,26)(H,23,25)/t14-,16-/m0/s1. The predicted octanol–water partition coefficient (Wildman–Crippen LogP) is 1.94. The third kappa shape index (κ3) is 3.75. The topological polar surface area (TPSA) is 97.0 Å². The van der Waals surface area contributed by atoms with Crippen LogP contribution in [0.1, 0.15) is 48.9 Å². The molecule has 1 aromatic rings. The molecule has 4 rings (SSSR count). The summed E-state index contributed by atoms with van der Waals surface area (Å²) in [5.74, 6) is 0.695. The van der Waals surface area contributed by atoms with Gasteiger partial charge in [0.05, 0.1) is 19.9 Å². The minimum atomic E-state index is -0.430. The van der Waals surface area contributed by atoms with Gasteiger partial charge in [-0.25, -0.2) is 0 Å². The number of rotatable bonds is 6. The zero-order valence-electron chi connectivity index (χ0n) is 16.8. The van der Waals surface area contributed by atoms with E-state index >= 15 is 0 Å². The van der Waals surface area contributed by atoms with Gasteiger partial charge in [-0.2, -0.15) is 0 Å². The van der Waals surface area contributed by atoms with Crippen molar-refractivity contribution < 1.29 is 23.9 Å². The number of carbonyl (C=O) groups excluding carboxylic acids is 3. The maximum atomic E-state index is 13.1. The second kappa shape index (κ2) is 7.93. The van der Waals surface area contributed by atoms with Crippen LogP contribution in [0.3, 0.4) is 0 Å². The van der Waals surface area contributed by atoms with Crippen LogP contribution in [0, 0.1) is 5.92 Å². The Morgan fingerprint density at radius 2 is 1.97 bits per heavy atom. The van der Waals surface area contributed by atoms with Crippen LogP contribution in [0.25, 0.3) is 0 Å². The lowest BCUT2D eigenvalue weighted by molar-refractivity contribution is -0.124. The first-order chi connectivity index (χ1) is 14.0. The molecule has 2 aliphatic heterocycles. The molecular weight excluding hydrogens is 374 g/mol. The second-order valence-corrected chi connectivity index (χ2v) is 8.08. The summed E-state index contributed by atoms with van der Waals surface area (Å²) in [6, 6.07) is 2.79.